The van der Waals surface area contributed by atoms with Gasteiger partial charge in [-0.2, -0.15) is 5.26 Å². The number of anilines is 1. The first-order chi connectivity index (χ1) is 14.2. The molecule has 1 aliphatic rings. The molecule has 7 nitrogen and oxygen atoms in total. The number of aliphatic carboxylic acids is 1. The van der Waals surface area contributed by atoms with Gasteiger partial charge in [0.25, 0.3) is 5.56 Å². The highest BCUT2D eigenvalue weighted by Crippen LogP contribution is 2.44. The van der Waals surface area contributed by atoms with Crippen molar-refractivity contribution < 1.29 is 14.6 Å². The third kappa shape index (κ3) is 3.35. The van der Waals surface area contributed by atoms with E-state index in [0.717, 1.165) is 12.0 Å². The largest absolute Gasteiger partial charge is 0.496 e. The molecule has 1 aliphatic heterocycles. The molecule has 2 heterocycles. The van der Waals surface area contributed by atoms with E-state index in [1.165, 1.54) is 7.11 Å². The van der Waals surface area contributed by atoms with Gasteiger partial charge in [-0.3, -0.25) is 4.79 Å². The third-order valence-corrected chi connectivity index (χ3v) is 5.72. The minimum atomic E-state index is -1.11. The van der Waals surface area contributed by atoms with Gasteiger partial charge >= 0.3 is 5.97 Å². The summed E-state index contributed by atoms with van der Waals surface area (Å²) in [4.78, 5) is 25.8. The van der Waals surface area contributed by atoms with Gasteiger partial charge in [-0.25, -0.2) is 4.79 Å². The molecule has 156 valence electrons. The van der Waals surface area contributed by atoms with Crippen LogP contribution in [0.15, 0.2) is 40.5 Å². The van der Waals surface area contributed by atoms with Crippen LogP contribution in [0.3, 0.4) is 0 Å². The molecule has 0 saturated carbocycles. The lowest BCUT2D eigenvalue weighted by Gasteiger charge is -2.32. The van der Waals surface area contributed by atoms with Crippen molar-refractivity contribution in [3.63, 3.8) is 0 Å². The molecule has 0 spiro atoms. The van der Waals surface area contributed by atoms with Crippen molar-refractivity contribution >= 4 is 11.7 Å². The molecule has 2 atom stereocenters. The molecule has 1 aromatic heterocycles. The average molecular weight is 407 g/mol. The lowest BCUT2D eigenvalue weighted by Crippen LogP contribution is -2.34. The molecule has 7 heteroatoms. The summed E-state index contributed by atoms with van der Waals surface area (Å²) < 4.78 is 7.16. The summed E-state index contributed by atoms with van der Waals surface area (Å²) in [5.74, 6) is -1.57. The van der Waals surface area contributed by atoms with Crippen LogP contribution in [0, 0.1) is 18.3 Å². The molecule has 2 unspecified atom stereocenters. The molecule has 0 fully saturated rings. The number of nitriles is 1. The van der Waals surface area contributed by atoms with Crippen molar-refractivity contribution in [2.24, 2.45) is 0 Å². The molecule has 2 aromatic rings. The van der Waals surface area contributed by atoms with E-state index in [2.05, 4.69) is 11.4 Å². The van der Waals surface area contributed by atoms with E-state index >= 15 is 0 Å². The minimum absolute atomic E-state index is 0.0368. The monoisotopic (exact) mass is 407 g/mol. The number of allylic oxidation sites excluding steroid dienone is 1. The summed E-state index contributed by atoms with van der Waals surface area (Å²) in [6.45, 7) is 7.55. The SMILES string of the molecule is CCC(C)n1cc(C)c2c(c1=O)C(c1ccc(C#N)cc1OC)C(C(=O)O)=C(C)N2. The molecule has 1 aromatic carbocycles. The number of carbonyl (C=O) groups is 1. The number of carboxylic acids is 1. The van der Waals surface area contributed by atoms with E-state index in [1.807, 2.05) is 27.0 Å². The number of fused-ring (bicyclic) bond motifs is 1. The lowest BCUT2D eigenvalue weighted by atomic mass is 9.80. The van der Waals surface area contributed by atoms with E-state index in [9.17, 15) is 20.0 Å². The molecule has 0 saturated heterocycles. The van der Waals surface area contributed by atoms with Crippen molar-refractivity contribution in [2.75, 3.05) is 12.4 Å². The van der Waals surface area contributed by atoms with Gasteiger partial charge in [0.15, 0.2) is 0 Å². The normalized spacial score (nSPS) is 16.3. The zero-order valence-electron chi connectivity index (χ0n) is 17.7. The van der Waals surface area contributed by atoms with Gasteiger partial charge in [0, 0.05) is 23.5 Å². The van der Waals surface area contributed by atoms with E-state index in [1.54, 1.807) is 29.7 Å². The van der Waals surface area contributed by atoms with Crippen LogP contribution in [0.25, 0.3) is 0 Å². The number of rotatable bonds is 5. The van der Waals surface area contributed by atoms with E-state index in [-0.39, 0.29) is 17.2 Å². The zero-order valence-corrected chi connectivity index (χ0v) is 17.7. The first-order valence-electron chi connectivity index (χ1n) is 9.79. The minimum Gasteiger partial charge on any atom is -0.496 e. The standard InChI is InChI=1S/C23H25N3O4/c1-6-13(3)26-11-12(2)21-20(22(26)27)19(18(23(28)29)14(4)25-21)16-8-7-15(10-24)9-17(16)30-5/h7-9,11,13,19,25H,6H2,1-5H3,(H,28,29). The Labute approximate surface area is 175 Å². The number of hydrogen-bond donors (Lipinski definition) is 2. The van der Waals surface area contributed by atoms with Crippen molar-refractivity contribution in [1.29, 1.82) is 5.26 Å². The third-order valence-electron chi connectivity index (χ3n) is 5.72. The Morgan fingerprint density at radius 3 is 2.67 bits per heavy atom. The van der Waals surface area contributed by atoms with Crippen molar-refractivity contribution in [2.45, 2.75) is 46.1 Å². The van der Waals surface area contributed by atoms with Crippen LogP contribution in [-0.2, 0) is 4.79 Å². The fourth-order valence-corrected chi connectivity index (χ4v) is 3.98. The molecule has 0 amide bonds. The van der Waals surface area contributed by atoms with Crippen LogP contribution in [0.2, 0.25) is 0 Å². The Bertz CT molecular complexity index is 1150. The van der Waals surface area contributed by atoms with Crippen molar-refractivity contribution in [1.82, 2.24) is 4.57 Å². The molecule has 2 N–H and O–H groups in total. The number of nitrogens with one attached hydrogen (secondary N) is 1. The van der Waals surface area contributed by atoms with Gasteiger partial charge in [-0.05, 0) is 44.9 Å². The fraction of sp³-hybridized carbons (Fsp3) is 0.348. The second kappa shape index (κ2) is 8.07. The van der Waals surface area contributed by atoms with Gasteiger partial charge in [-0.15, -0.1) is 0 Å². The summed E-state index contributed by atoms with van der Waals surface area (Å²) in [5, 5.41) is 22.4. The number of aromatic nitrogens is 1. The molecule has 30 heavy (non-hydrogen) atoms. The highest BCUT2D eigenvalue weighted by atomic mass is 16.5. The highest BCUT2D eigenvalue weighted by molar-refractivity contribution is 5.93. The number of methoxy groups -OCH3 is 1. The summed E-state index contributed by atoms with van der Waals surface area (Å²) in [5.41, 5.74) is 3.10. The van der Waals surface area contributed by atoms with Crippen molar-refractivity contribution in [3.05, 3.63) is 68.3 Å². The van der Waals surface area contributed by atoms with Gasteiger partial charge in [-0.1, -0.05) is 13.0 Å². The summed E-state index contributed by atoms with van der Waals surface area (Å²) >= 11 is 0. The van der Waals surface area contributed by atoms with Gasteiger partial charge < -0.3 is 19.7 Å². The Morgan fingerprint density at radius 1 is 1.40 bits per heavy atom. The van der Waals surface area contributed by atoms with Crippen LogP contribution in [0.1, 0.15) is 61.4 Å². The van der Waals surface area contributed by atoms with Gasteiger partial charge in [0.05, 0.1) is 41.5 Å². The van der Waals surface area contributed by atoms with E-state index < -0.39 is 11.9 Å². The zero-order chi connectivity index (χ0) is 22.2. The molecule has 0 bridgehead atoms. The number of aryl methyl sites for hydroxylation is 1. The quantitative estimate of drug-likeness (QED) is 0.778. The summed E-state index contributed by atoms with van der Waals surface area (Å²) in [7, 11) is 1.46. The number of ether oxygens (including phenoxy) is 1. The Balaban J connectivity index is 2.42. The highest BCUT2D eigenvalue weighted by Gasteiger charge is 2.37. The second-order valence-electron chi connectivity index (χ2n) is 7.54. The molecular formula is C23H25N3O4. The Hall–Kier alpha value is -3.53. The number of pyridine rings is 1. The predicted octanol–water partition coefficient (Wildman–Crippen LogP) is 3.92. The second-order valence-corrected chi connectivity index (χ2v) is 7.54. The smallest absolute Gasteiger partial charge is 0.334 e. The maximum Gasteiger partial charge on any atom is 0.334 e. The number of carboxylic acid groups (broad SMARTS) is 1. The van der Waals surface area contributed by atoms with Gasteiger partial charge in [0.2, 0.25) is 0 Å². The van der Waals surface area contributed by atoms with Crippen LogP contribution in [-0.4, -0.2) is 22.8 Å². The molecule has 0 radical (unpaired) electrons. The van der Waals surface area contributed by atoms with Gasteiger partial charge in [0.1, 0.15) is 5.75 Å². The number of hydrogen-bond acceptors (Lipinski definition) is 5. The molecule has 0 aliphatic carbocycles. The van der Waals surface area contributed by atoms with Crippen LogP contribution >= 0.6 is 0 Å². The first kappa shape index (κ1) is 21.2. The summed E-state index contributed by atoms with van der Waals surface area (Å²) in [6, 6.07) is 6.86. The van der Waals surface area contributed by atoms with Crippen LogP contribution < -0.4 is 15.6 Å². The maximum atomic E-state index is 13.6. The lowest BCUT2D eigenvalue weighted by molar-refractivity contribution is -0.133. The van der Waals surface area contributed by atoms with Crippen molar-refractivity contribution in [3.8, 4) is 11.8 Å². The number of nitrogens with zero attached hydrogens (tertiary/aromatic N) is 2. The Morgan fingerprint density at radius 2 is 2.10 bits per heavy atom. The average Bonchev–Trinajstić information content (AvgIpc) is 2.73. The maximum absolute atomic E-state index is 13.6. The van der Waals surface area contributed by atoms with Crippen LogP contribution in [0.5, 0.6) is 5.75 Å². The first-order valence-corrected chi connectivity index (χ1v) is 9.79. The predicted molar refractivity (Wildman–Crippen MR) is 114 cm³/mol. The molecule has 3 rings (SSSR count). The Kier molecular flexibility index (Phi) is 5.70. The summed E-state index contributed by atoms with van der Waals surface area (Å²) in [6.07, 6.45) is 2.57. The van der Waals surface area contributed by atoms with E-state index in [0.29, 0.717) is 33.8 Å². The number of benzene rings is 1. The van der Waals surface area contributed by atoms with Crippen LogP contribution in [0.4, 0.5) is 5.69 Å². The molecular weight excluding hydrogens is 382 g/mol. The topological polar surface area (TPSA) is 104 Å². The van der Waals surface area contributed by atoms with E-state index in [4.69, 9.17) is 4.74 Å². The fourth-order valence-electron chi connectivity index (χ4n) is 3.98.